The van der Waals surface area contributed by atoms with Gasteiger partial charge >= 0.3 is 6.09 Å². The van der Waals surface area contributed by atoms with E-state index in [0.717, 1.165) is 5.56 Å². The number of amides is 1. The molecule has 1 aliphatic rings. The van der Waals surface area contributed by atoms with E-state index in [0.29, 0.717) is 27.8 Å². The van der Waals surface area contributed by atoms with Gasteiger partial charge in [-0.3, -0.25) is 14.3 Å². The third kappa shape index (κ3) is 3.16. The number of fused-ring (bicyclic) bond motifs is 2. The van der Waals surface area contributed by atoms with Crippen LogP contribution >= 0.6 is 0 Å². The zero-order valence-corrected chi connectivity index (χ0v) is 15.2. The molecule has 7 heteroatoms. The highest BCUT2D eigenvalue weighted by Crippen LogP contribution is 2.34. The highest BCUT2D eigenvalue weighted by Gasteiger charge is 2.23. The first-order valence-electron chi connectivity index (χ1n) is 8.54. The van der Waals surface area contributed by atoms with Gasteiger partial charge in [-0.25, -0.2) is 9.18 Å². The SMILES string of the molecule is CC(C)(C)OC(=O)n1cc(-c2cnc3c(c2)NC(=O)C3)c2ccc(F)cc21. The van der Waals surface area contributed by atoms with Crippen LogP contribution in [-0.4, -0.2) is 27.2 Å². The highest BCUT2D eigenvalue weighted by atomic mass is 19.1. The molecule has 3 heterocycles. The minimum atomic E-state index is -0.680. The summed E-state index contributed by atoms with van der Waals surface area (Å²) in [6.45, 7) is 5.31. The highest BCUT2D eigenvalue weighted by molar-refractivity contribution is 6.03. The molecule has 3 aromatic rings. The number of halogens is 1. The second kappa shape index (κ2) is 5.90. The summed E-state index contributed by atoms with van der Waals surface area (Å²) < 4.78 is 20.6. The Morgan fingerprint density at radius 3 is 2.81 bits per heavy atom. The van der Waals surface area contributed by atoms with Crippen molar-refractivity contribution in [2.45, 2.75) is 32.8 Å². The molecule has 0 spiro atoms. The van der Waals surface area contributed by atoms with Crippen LogP contribution in [0.15, 0.2) is 36.7 Å². The number of nitrogens with zero attached hydrogens (tertiary/aromatic N) is 2. The summed E-state index contributed by atoms with van der Waals surface area (Å²) in [5.41, 5.74) is 2.48. The molecule has 27 heavy (non-hydrogen) atoms. The molecule has 4 rings (SSSR count). The predicted molar refractivity (Wildman–Crippen MR) is 99.1 cm³/mol. The number of aromatic nitrogens is 2. The fourth-order valence-electron chi connectivity index (χ4n) is 3.13. The van der Waals surface area contributed by atoms with Crippen LogP contribution in [0, 0.1) is 5.82 Å². The van der Waals surface area contributed by atoms with E-state index in [1.165, 1.54) is 16.7 Å². The maximum atomic E-state index is 13.8. The van der Waals surface area contributed by atoms with Gasteiger partial charge in [0.2, 0.25) is 5.91 Å². The quantitative estimate of drug-likeness (QED) is 0.702. The van der Waals surface area contributed by atoms with Crippen molar-refractivity contribution in [1.29, 1.82) is 0 Å². The van der Waals surface area contributed by atoms with Gasteiger partial charge < -0.3 is 10.1 Å². The van der Waals surface area contributed by atoms with Crippen molar-refractivity contribution in [3.05, 3.63) is 48.2 Å². The second-order valence-electron chi connectivity index (χ2n) is 7.50. The zero-order chi connectivity index (χ0) is 19.3. The van der Waals surface area contributed by atoms with E-state index in [2.05, 4.69) is 10.3 Å². The third-order valence-electron chi connectivity index (χ3n) is 4.24. The molecule has 1 amide bonds. The topological polar surface area (TPSA) is 73.2 Å². The Bertz CT molecular complexity index is 1100. The Balaban J connectivity index is 1.86. The number of hydrogen-bond acceptors (Lipinski definition) is 4. The number of nitrogens with one attached hydrogen (secondary N) is 1. The van der Waals surface area contributed by atoms with Crippen LogP contribution in [0.5, 0.6) is 0 Å². The lowest BCUT2D eigenvalue weighted by Gasteiger charge is -2.19. The number of carbonyl (C=O) groups is 2. The number of carbonyl (C=O) groups excluding carboxylic acids is 2. The normalized spacial score (nSPS) is 13.6. The summed E-state index contributed by atoms with van der Waals surface area (Å²) in [4.78, 5) is 28.5. The largest absolute Gasteiger partial charge is 0.443 e. The third-order valence-corrected chi connectivity index (χ3v) is 4.24. The molecule has 0 aliphatic carbocycles. The molecule has 0 bridgehead atoms. The fraction of sp³-hybridized carbons (Fsp3) is 0.250. The Hall–Kier alpha value is -3.22. The molecule has 138 valence electrons. The van der Waals surface area contributed by atoms with Crippen LogP contribution in [-0.2, 0) is 16.0 Å². The van der Waals surface area contributed by atoms with Gasteiger partial charge in [0, 0.05) is 28.9 Å². The molecule has 0 fully saturated rings. The van der Waals surface area contributed by atoms with Crippen LogP contribution in [0.3, 0.4) is 0 Å². The molecule has 0 atom stereocenters. The van der Waals surface area contributed by atoms with Crippen LogP contribution in [0.4, 0.5) is 14.9 Å². The van der Waals surface area contributed by atoms with Gasteiger partial charge in [0.05, 0.1) is 23.3 Å². The molecule has 2 aromatic heterocycles. The summed E-state index contributed by atoms with van der Waals surface area (Å²) >= 11 is 0. The average Bonchev–Trinajstić information content (AvgIpc) is 3.11. The summed E-state index contributed by atoms with van der Waals surface area (Å²) in [7, 11) is 0. The lowest BCUT2D eigenvalue weighted by Crippen LogP contribution is -2.26. The van der Waals surface area contributed by atoms with Crippen molar-refractivity contribution in [3.63, 3.8) is 0 Å². The minimum absolute atomic E-state index is 0.104. The first kappa shape index (κ1) is 17.2. The van der Waals surface area contributed by atoms with E-state index in [1.54, 1.807) is 39.2 Å². The zero-order valence-electron chi connectivity index (χ0n) is 15.2. The van der Waals surface area contributed by atoms with Crippen LogP contribution < -0.4 is 5.32 Å². The Morgan fingerprint density at radius 2 is 2.07 bits per heavy atom. The summed E-state index contributed by atoms with van der Waals surface area (Å²) in [6, 6.07) is 6.07. The van der Waals surface area contributed by atoms with Crippen LogP contribution in [0.1, 0.15) is 26.5 Å². The lowest BCUT2D eigenvalue weighted by molar-refractivity contribution is -0.115. The van der Waals surface area contributed by atoms with Gasteiger partial charge in [-0.1, -0.05) is 0 Å². The number of hydrogen-bond donors (Lipinski definition) is 1. The van der Waals surface area contributed by atoms with Crippen molar-refractivity contribution < 1.29 is 18.7 Å². The Labute approximate surface area is 155 Å². The number of ether oxygens (including phenoxy) is 1. The van der Waals surface area contributed by atoms with Gasteiger partial charge in [-0.05, 0) is 45.0 Å². The molecule has 6 nitrogen and oxygen atoms in total. The maximum absolute atomic E-state index is 13.8. The smallest absolute Gasteiger partial charge is 0.419 e. The Kier molecular flexibility index (Phi) is 3.76. The van der Waals surface area contributed by atoms with Gasteiger partial charge in [0.25, 0.3) is 0 Å². The van der Waals surface area contributed by atoms with E-state index in [-0.39, 0.29) is 12.3 Å². The van der Waals surface area contributed by atoms with Crippen molar-refractivity contribution in [1.82, 2.24) is 9.55 Å². The summed E-state index contributed by atoms with van der Waals surface area (Å²) in [6.07, 6.45) is 2.92. The van der Waals surface area contributed by atoms with Gasteiger partial charge in [-0.2, -0.15) is 0 Å². The number of benzene rings is 1. The maximum Gasteiger partial charge on any atom is 0.419 e. The van der Waals surface area contributed by atoms with Crippen molar-refractivity contribution in [2.24, 2.45) is 0 Å². The standard InChI is InChI=1S/C20H18FN3O3/c1-20(2,3)27-19(26)24-10-14(13-5-4-12(21)7-17(13)24)11-6-16-15(22-9-11)8-18(25)23-16/h4-7,9-10H,8H2,1-3H3,(H,23,25). The molecule has 0 radical (unpaired) electrons. The summed E-state index contributed by atoms with van der Waals surface area (Å²) in [5.74, 6) is -0.552. The molecule has 1 N–H and O–H groups in total. The molecule has 0 saturated carbocycles. The average molecular weight is 367 g/mol. The van der Waals surface area contributed by atoms with Crippen LogP contribution in [0.25, 0.3) is 22.0 Å². The molecule has 1 aliphatic heterocycles. The lowest BCUT2D eigenvalue weighted by atomic mass is 10.1. The first-order valence-corrected chi connectivity index (χ1v) is 8.54. The minimum Gasteiger partial charge on any atom is -0.443 e. The molecule has 1 aromatic carbocycles. The van der Waals surface area contributed by atoms with Crippen molar-refractivity contribution in [2.75, 3.05) is 5.32 Å². The molecule has 0 saturated heterocycles. The van der Waals surface area contributed by atoms with Gasteiger partial charge in [0.15, 0.2) is 0 Å². The predicted octanol–water partition coefficient (Wildman–Crippen LogP) is 4.12. The number of anilines is 1. The van der Waals surface area contributed by atoms with Crippen LogP contribution in [0.2, 0.25) is 0 Å². The van der Waals surface area contributed by atoms with E-state index < -0.39 is 17.5 Å². The van der Waals surface area contributed by atoms with E-state index in [9.17, 15) is 14.0 Å². The van der Waals surface area contributed by atoms with Gasteiger partial charge in [-0.15, -0.1) is 0 Å². The van der Waals surface area contributed by atoms with Crippen molar-refractivity contribution in [3.8, 4) is 11.1 Å². The van der Waals surface area contributed by atoms with Crippen molar-refractivity contribution >= 4 is 28.6 Å². The van der Waals surface area contributed by atoms with E-state index >= 15 is 0 Å². The molecule has 0 unspecified atom stereocenters. The first-order chi connectivity index (χ1) is 12.7. The summed E-state index contributed by atoms with van der Waals surface area (Å²) in [5, 5.41) is 3.45. The number of rotatable bonds is 1. The van der Waals surface area contributed by atoms with E-state index in [4.69, 9.17) is 4.74 Å². The Morgan fingerprint density at radius 1 is 1.30 bits per heavy atom. The van der Waals surface area contributed by atoms with E-state index in [1.807, 2.05) is 6.07 Å². The second-order valence-corrected chi connectivity index (χ2v) is 7.50. The molecular weight excluding hydrogens is 349 g/mol. The molecular formula is C20H18FN3O3. The number of pyridine rings is 1. The van der Waals surface area contributed by atoms with Gasteiger partial charge in [0.1, 0.15) is 11.4 Å². The fourth-order valence-corrected chi connectivity index (χ4v) is 3.13. The monoisotopic (exact) mass is 367 g/mol.